The molecule has 16 nitrogen and oxygen atoms in total. The van der Waals surface area contributed by atoms with Crippen LogP contribution >= 0.6 is 23.2 Å². The van der Waals surface area contributed by atoms with Gasteiger partial charge in [-0.1, -0.05) is 24.3 Å². The number of rotatable bonds is 9. The Morgan fingerprint density at radius 2 is 1.09 bits per heavy atom. The van der Waals surface area contributed by atoms with Crippen molar-refractivity contribution in [1.82, 2.24) is 0 Å². The van der Waals surface area contributed by atoms with Crippen LogP contribution in [0.25, 0.3) is 0 Å². The van der Waals surface area contributed by atoms with E-state index in [1.54, 1.807) is 68.5 Å². The lowest BCUT2D eigenvalue weighted by Crippen LogP contribution is -2.70. The van der Waals surface area contributed by atoms with Crippen LogP contribution in [-0.4, -0.2) is 83.5 Å². The fraction of sp³-hybridized carbons (Fsp3) is 0.348. The van der Waals surface area contributed by atoms with Crippen molar-refractivity contribution in [2.24, 2.45) is 0 Å². The molecule has 64 heavy (non-hydrogen) atoms. The van der Waals surface area contributed by atoms with Crippen molar-refractivity contribution in [3.63, 3.8) is 0 Å². The third-order valence-electron chi connectivity index (χ3n) is 11.3. The molecular formula is C46H48Cl2N2O14. The molecule has 4 aromatic carbocycles. The standard InChI is InChI=1S/C23H23NO7.C22H25NO6.CCl2O/c1-12-6-7-16(9-18(12)30-15(4)25)20-23(11-29-22(27)31-23)21(26)24(20)17-8-13(2)14(3)19(10-17)28-5;1-12-6-7-16(9-18(12)29-15(4)25)20-22(27,11-24)21(26)23(20)17-8-13(2)14(3)19(10-17)28-5;2-1(3)4/h6-10,20H,11H2,1-5H3;6-10,20,24,27H,11H2,1-5H3;/t20-,23-;20-,22-;/m00./s1. The van der Waals surface area contributed by atoms with Crippen LogP contribution in [0.4, 0.5) is 21.0 Å². The van der Waals surface area contributed by atoms with Gasteiger partial charge in [0.1, 0.15) is 41.7 Å². The number of amides is 2. The molecule has 3 saturated heterocycles. The monoisotopic (exact) mass is 922 g/mol. The maximum atomic E-state index is 13.3. The molecule has 0 radical (unpaired) electrons. The zero-order valence-corrected chi connectivity index (χ0v) is 38.3. The number of halogens is 2. The van der Waals surface area contributed by atoms with Gasteiger partial charge >= 0.3 is 22.8 Å². The van der Waals surface area contributed by atoms with Gasteiger partial charge in [0.2, 0.25) is 0 Å². The van der Waals surface area contributed by atoms with E-state index < -0.39 is 58.6 Å². The first-order valence-electron chi connectivity index (χ1n) is 19.6. The van der Waals surface area contributed by atoms with E-state index >= 15 is 0 Å². The molecule has 3 aliphatic rings. The smallest absolute Gasteiger partial charge is 0.496 e. The van der Waals surface area contributed by atoms with E-state index in [4.69, 9.17) is 33.2 Å². The fourth-order valence-electron chi connectivity index (χ4n) is 7.74. The zero-order chi connectivity index (χ0) is 47.6. The van der Waals surface area contributed by atoms with Crippen LogP contribution in [0.3, 0.4) is 0 Å². The number of aryl methyl sites for hydroxylation is 4. The summed E-state index contributed by atoms with van der Waals surface area (Å²) in [7, 11) is 3.12. The topological polar surface area (TPSA) is 205 Å². The maximum Gasteiger partial charge on any atom is 0.509 e. The highest BCUT2D eigenvalue weighted by Crippen LogP contribution is 2.52. The summed E-state index contributed by atoms with van der Waals surface area (Å²) in [5.41, 5.74) is 4.21. The summed E-state index contributed by atoms with van der Waals surface area (Å²) in [5, 5.41) is 20.6. The minimum absolute atomic E-state index is 0.190. The van der Waals surface area contributed by atoms with E-state index in [0.717, 1.165) is 33.4 Å². The van der Waals surface area contributed by atoms with E-state index in [2.05, 4.69) is 23.2 Å². The number of hydrogen-bond donors (Lipinski definition) is 2. The number of methoxy groups -OCH3 is 2. The second kappa shape index (κ2) is 19.3. The highest BCUT2D eigenvalue weighted by Gasteiger charge is 2.69. The van der Waals surface area contributed by atoms with Gasteiger partial charge in [0.05, 0.1) is 20.8 Å². The fourth-order valence-corrected chi connectivity index (χ4v) is 7.74. The van der Waals surface area contributed by atoms with Crippen LogP contribution in [0, 0.1) is 41.5 Å². The predicted octanol–water partition coefficient (Wildman–Crippen LogP) is 7.48. The van der Waals surface area contributed by atoms with Crippen molar-refractivity contribution in [2.45, 2.75) is 78.7 Å². The Kier molecular flexibility index (Phi) is 14.7. The highest BCUT2D eigenvalue weighted by atomic mass is 35.5. The van der Waals surface area contributed by atoms with Crippen LogP contribution in [0.2, 0.25) is 0 Å². The summed E-state index contributed by atoms with van der Waals surface area (Å²) in [6, 6.07) is 16.1. The van der Waals surface area contributed by atoms with Gasteiger partial charge in [0.25, 0.3) is 17.4 Å². The average molecular weight is 924 g/mol. The number of aliphatic hydroxyl groups excluding tert-OH is 1. The molecule has 2 amide bonds. The van der Waals surface area contributed by atoms with Crippen molar-refractivity contribution >= 4 is 69.2 Å². The lowest BCUT2D eigenvalue weighted by atomic mass is 9.77. The molecular weight excluding hydrogens is 875 g/mol. The quantitative estimate of drug-likeness (QED) is 0.0723. The summed E-state index contributed by atoms with van der Waals surface area (Å²) < 4.78 is 30.9. The number of anilines is 2. The molecule has 4 aromatic rings. The number of nitrogens with zero attached hydrogens (tertiary/aromatic N) is 2. The SMILES string of the molecule is COc1cc(N2C(=O)[C@](O)(CO)[C@@H]2c2ccc(C)c(OC(C)=O)c2)cc(C)c1C.COc1cc(N2C(=O)[C@]3(COC(=O)O3)[C@@H]2c2ccc(C)c(OC(C)=O)c2)cc(C)c1C.O=C(Cl)Cl. The van der Waals surface area contributed by atoms with Gasteiger partial charge in [-0.15, -0.1) is 0 Å². The first-order chi connectivity index (χ1) is 30.0. The van der Waals surface area contributed by atoms with Crippen molar-refractivity contribution in [3.05, 3.63) is 105 Å². The van der Waals surface area contributed by atoms with Gasteiger partial charge in [-0.3, -0.25) is 33.8 Å². The first kappa shape index (κ1) is 48.8. The molecule has 7 rings (SSSR count). The Hall–Kier alpha value is -6.20. The van der Waals surface area contributed by atoms with Gasteiger partial charge in [-0.2, -0.15) is 0 Å². The van der Waals surface area contributed by atoms with E-state index in [1.165, 1.54) is 18.7 Å². The summed E-state index contributed by atoms with van der Waals surface area (Å²) in [5.74, 6) is 0.0686. The summed E-state index contributed by atoms with van der Waals surface area (Å²) >= 11 is 8.80. The minimum Gasteiger partial charge on any atom is -0.496 e. The number of ether oxygens (including phenoxy) is 6. The number of benzene rings is 4. The Morgan fingerprint density at radius 3 is 1.47 bits per heavy atom. The van der Waals surface area contributed by atoms with E-state index in [-0.39, 0.29) is 12.5 Å². The van der Waals surface area contributed by atoms with Gasteiger partial charge < -0.3 is 38.6 Å². The van der Waals surface area contributed by atoms with Gasteiger partial charge in [-0.25, -0.2) is 4.79 Å². The van der Waals surface area contributed by atoms with E-state index in [0.29, 0.717) is 45.5 Å². The Morgan fingerprint density at radius 1 is 0.672 bits per heavy atom. The maximum absolute atomic E-state index is 13.3. The highest BCUT2D eigenvalue weighted by molar-refractivity contribution is 6.93. The van der Waals surface area contributed by atoms with Gasteiger partial charge in [0.15, 0.2) is 5.60 Å². The number of β-lactam (4-membered cyclic amide) rings is 2. The van der Waals surface area contributed by atoms with Crippen molar-refractivity contribution < 1.29 is 67.4 Å². The summed E-state index contributed by atoms with van der Waals surface area (Å²) in [6.45, 7) is 13.0. The molecule has 18 heteroatoms. The predicted molar refractivity (Wildman–Crippen MR) is 235 cm³/mol. The molecule has 3 aliphatic heterocycles. The molecule has 1 spiro atoms. The molecule has 0 saturated carbocycles. The van der Waals surface area contributed by atoms with Crippen LogP contribution in [0.15, 0.2) is 60.7 Å². The molecule has 340 valence electrons. The number of carbonyl (C=O) groups is 6. The summed E-state index contributed by atoms with van der Waals surface area (Å²) in [4.78, 5) is 72.7. The van der Waals surface area contributed by atoms with Crippen LogP contribution in [0.1, 0.15) is 70.4 Å². The van der Waals surface area contributed by atoms with Crippen LogP contribution in [-0.2, 0) is 28.7 Å². The largest absolute Gasteiger partial charge is 0.509 e. The van der Waals surface area contributed by atoms with Crippen molar-refractivity contribution in [2.75, 3.05) is 37.2 Å². The molecule has 0 aliphatic carbocycles. The molecule has 0 bridgehead atoms. The molecule has 4 atom stereocenters. The number of esters is 2. The Labute approximate surface area is 379 Å². The third-order valence-corrected chi connectivity index (χ3v) is 11.3. The van der Waals surface area contributed by atoms with Crippen molar-refractivity contribution in [1.29, 1.82) is 0 Å². The van der Waals surface area contributed by atoms with Gasteiger partial charge in [0, 0.05) is 37.4 Å². The second-order valence-corrected chi connectivity index (χ2v) is 16.3. The Balaban J connectivity index is 0.000000223. The normalized spacial score (nSPS) is 20.6. The van der Waals surface area contributed by atoms with Crippen molar-refractivity contribution in [3.8, 4) is 23.0 Å². The molecule has 0 aromatic heterocycles. The Bertz CT molecular complexity index is 2540. The van der Waals surface area contributed by atoms with Crippen LogP contribution in [0.5, 0.6) is 23.0 Å². The van der Waals surface area contributed by atoms with E-state index in [1.807, 2.05) is 52.8 Å². The number of carbonyl (C=O) groups excluding carboxylic acids is 6. The number of aliphatic hydroxyl groups is 2. The lowest BCUT2D eigenvalue weighted by molar-refractivity contribution is -0.160. The lowest BCUT2D eigenvalue weighted by Gasteiger charge is -2.52. The molecule has 0 unspecified atom stereocenters. The average Bonchev–Trinajstić information content (AvgIpc) is 3.65. The zero-order valence-electron chi connectivity index (χ0n) is 36.8. The van der Waals surface area contributed by atoms with E-state index in [9.17, 15) is 34.2 Å². The van der Waals surface area contributed by atoms with Crippen LogP contribution < -0.4 is 28.7 Å². The molecule has 3 fully saturated rings. The summed E-state index contributed by atoms with van der Waals surface area (Å²) in [6.07, 6.45) is -0.886. The number of cyclic esters (lactones) is 1. The second-order valence-electron chi connectivity index (χ2n) is 15.4. The third kappa shape index (κ3) is 9.36. The molecule has 3 heterocycles. The van der Waals surface area contributed by atoms with Gasteiger partial charge in [-0.05, 0) is 134 Å². The first-order valence-corrected chi connectivity index (χ1v) is 20.4. The number of hydrogen-bond acceptors (Lipinski definition) is 14. The minimum atomic E-state index is -1.96. The molecule has 2 N–H and O–H groups in total.